The number of phenolic OH excluding ortho intramolecular Hbond substituents is 1. The van der Waals surface area contributed by atoms with Gasteiger partial charge >= 0.3 is 11.9 Å². The summed E-state index contributed by atoms with van der Waals surface area (Å²) >= 11 is 8.34. The molecule has 1 heterocycles. The number of aliphatic carboxylic acids is 2. The molecule has 0 bridgehead atoms. The number of carbonyl (C=O) groups is 18. The van der Waals surface area contributed by atoms with Crippen molar-refractivity contribution in [2.45, 2.75) is 216 Å². The second-order valence-electron chi connectivity index (χ2n) is 30.4. The highest BCUT2D eigenvalue weighted by Gasteiger charge is 2.44. The molecule has 1 aliphatic rings. The lowest BCUT2D eigenvalue weighted by molar-refractivity contribution is -0.142. The quantitative estimate of drug-likeness (QED) is 0.0127. The first-order chi connectivity index (χ1) is 58.9. The maximum absolute atomic E-state index is 14.4. The lowest BCUT2D eigenvalue weighted by Gasteiger charge is -2.34. The number of nitrogens with two attached hydrogens (primary N) is 4. The molecule has 1 fully saturated rings. The number of aliphatic hydroxyl groups is 2. The van der Waals surface area contributed by atoms with Crippen molar-refractivity contribution >= 4 is 144 Å². The number of phenols is 1. The second-order valence-corrected chi connectivity index (χ2v) is 31.2. The molecule has 16 atom stereocenters. The number of benzene rings is 2. The molecule has 2 aromatic rings. The smallest absolute Gasteiger partial charge is 0.326 e. The molecule has 1 aliphatic heterocycles. The first-order valence-electron chi connectivity index (χ1n) is 40.3. The fourth-order valence-electron chi connectivity index (χ4n) is 12.6. The third-order valence-corrected chi connectivity index (χ3v) is 20.5. The van der Waals surface area contributed by atoms with Crippen LogP contribution in [0.25, 0.3) is 0 Å². The molecule has 0 spiro atoms. The van der Waals surface area contributed by atoms with Crippen LogP contribution in [0.3, 0.4) is 0 Å². The van der Waals surface area contributed by atoms with Crippen LogP contribution < -0.4 is 108 Å². The third-order valence-electron chi connectivity index (χ3n) is 19.8. The number of aliphatic hydroxyl groups excluding tert-OH is 2. The molecule has 48 heteroatoms. The summed E-state index contributed by atoms with van der Waals surface area (Å²) in [5, 5.41) is 104. The summed E-state index contributed by atoms with van der Waals surface area (Å²) in [6.07, 6.45) is -2.17. The zero-order valence-corrected chi connectivity index (χ0v) is 72.3. The minimum atomic E-state index is -1.93. The predicted octanol–water partition coefficient (Wildman–Crippen LogP) is -8.51. The number of thiol groups is 2. The normalized spacial score (nSPS) is 16.3. The number of nitrogens with zero attached hydrogens (tertiary/aromatic N) is 1. The van der Waals surface area contributed by atoms with Crippen molar-refractivity contribution in [3.05, 3.63) is 65.7 Å². The molecule has 0 saturated carbocycles. The van der Waals surface area contributed by atoms with Crippen LogP contribution in [0.1, 0.15) is 124 Å². The van der Waals surface area contributed by atoms with Crippen LogP contribution in [0, 0.1) is 28.6 Å². The standard InChI is InChI=1S/C77H121N23O23S2/c1-8-39(6)61(99-70(117)54(17-13-27-85-77(82)83)100-40(7)28-44(78)74(100)121)73(120)98-60(38(4)5)72(119)92-47(22-24-55(79)104)65(112)96-53(36-125)69(116)90-45(16-12-26-84-76(80)81)64(111)94-51(34-102)68(115)97-59(37(2)3)71(118)91-46(23-25-58(107)108)62(109)86-32-57(106)89-50(33-101)67(114)95-52(35-124)63(110)87-31-56(105)88-48(29-41-14-10-9-11-15-41)66(113)93-49(75(122)123)30-42-18-20-43(103)21-19-42/h9-11,14-15,18-21,37-40,44-54,59-61,101-103,124-125H,8,12-13,16-17,22-36,78H2,1-7H3,(H2,79,104)(H,86,109)(H,87,110)(H,88,105)(H,89,106)(H,90,116)(H,91,118)(H,92,119)(H,93,113)(H,94,111)(H,95,114)(H,96,112)(H,97,115)(H,98,120)(H,99,117)(H,107,108)(H,122,123)(H4,80,81,84)(H4,82,83,85)/t39-,40?,44?,45?,46-,47?,48?,49-,50?,51-,52-,53-,54-,59-,60-,61-/m0/s1. The fraction of sp³-hybridized carbons (Fsp3) is 0.584. The summed E-state index contributed by atoms with van der Waals surface area (Å²) in [5.41, 5.74) is 23.5. The van der Waals surface area contributed by atoms with Gasteiger partial charge in [0.15, 0.2) is 11.9 Å². The Labute approximate surface area is 732 Å². The molecule has 0 aliphatic carbocycles. The van der Waals surface area contributed by atoms with Crippen LogP contribution >= 0.6 is 25.3 Å². The van der Waals surface area contributed by atoms with Crippen LogP contribution in [0.4, 0.5) is 0 Å². The molecule has 3 rings (SSSR count). The van der Waals surface area contributed by atoms with Crippen LogP contribution in [-0.4, -0.2) is 290 Å². The summed E-state index contributed by atoms with van der Waals surface area (Å²) in [5.74, 6) is -22.9. The Hall–Kier alpha value is -12.2. The topological polar surface area (TPSA) is 756 Å². The van der Waals surface area contributed by atoms with Gasteiger partial charge in [-0.2, -0.15) is 25.3 Å². The lowest BCUT2D eigenvalue weighted by Crippen LogP contribution is -2.62. The number of amides is 16. The van der Waals surface area contributed by atoms with Crippen molar-refractivity contribution in [2.24, 2.45) is 40.7 Å². The average molecular weight is 1800 g/mol. The second kappa shape index (κ2) is 54.4. The summed E-state index contributed by atoms with van der Waals surface area (Å²) in [6.45, 7) is 7.10. The summed E-state index contributed by atoms with van der Waals surface area (Å²) < 4.78 is 0. The van der Waals surface area contributed by atoms with Gasteiger partial charge in [-0.05, 0) is 92.9 Å². The molecule has 6 unspecified atom stereocenters. The van der Waals surface area contributed by atoms with Gasteiger partial charge in [0.1, 0.15) is 84.3 Å². The molecular formula is C77H121N23O23S2. The minimum Gasteiger partial charge on any atom is -0.508 e. The van der Waals surface area contributed by atoms with Crippen molar-refractivity contribution in [3.8, 4) is 5.75 Å². The van der Waals surface area contributed by atoms with E-state index in [9.17, 15) is 112 Å². The number of carboxylic acid groups (broad SMARTS) is 2. The van der Waals surface area contributed by atoms with Crippen LogP contribution in [0.15, 0.2) is 54.6 Å². The molecule has 125 heavy (non-hydrogen) atoms. The summed E-state index contributed by atoms with van der Waals surface area (Å²) in [4.78, 5) is 245. The predicted molar refractivity (Wildman–Crippen MR) is 456 cm³/mol. The van der Waals surface area contributed by atoms with Crippen molar-refractivity contribution < 1.29 is 112 Å². The highest BCUT2D eigenvalue weighted by molar-refractivity contribution is 7.80. The number of guanidine groups is 2. The fourth-order valence-corrected chi connectivity index (χ4v) is 13.1. The van der Waals surface area contributed by atoms with E-state index >= 15 is 0 Å². The monoisotopic (exact) mass is 1800 g/mol. The number of hydrogen-bond acceptors (Lipinski definition) is 26. The van der Waals surface area contributed by atoms with E-state index < -0.39 is 284 Å². The van der Waals surface area contributed by atoms with E-state index in [-0.39, 0.29) is 69.7 Å². The van der Waals surface area contributed by atoms with Crippen molar-refractivity contribution in [2.75, 3.05) is 50.9 Å². The number of carboxylic acids is 2. The van der Waals surface area contributed by atoms with E-state index in [1.165, 1.54) is 43.0 Å². The highest BCUT2D eigenvalue weighted by Crippen LogP contribution is 2.25. The van der Waals surface area contributed by atoms with Crippen molar-refractivity contribution in [1.29, 1.82) is 10.8 Å². The van der Waals surface area contributed by atoms with E-state index in [0.29, 0.717) is 17.5 Å². The number of rotatable bonds is 56. The molecule has 694 valence electrons. The van der Waals surface area contributed by atoms with E-state index in [2.05, 4.69) is 110 Å². The van der Waals surface area contributed by atoms with Crippen LogP contribution in [0.2, 0.25) is 0 Å². The van der Waals surface area contributed by atoms with E-state index in [1.54, 1.807) is 65.0 Å². The Balaban J connectivity index is 1.75. The third kappa shape index (κ3) is 37.4. The molecule has 2 aromatic carbocycles. The molecule has 0 aromatic heterocycles. The molecule has 46 nitrogen and oxygen atoms in total. The number of hydrogen-bond donors (Lipinski definition) is 29. The lowest BCUT2D eigenvalue weighted by atomic mass is 9.95. The maximum Gasteiger partial charge on any atom is 0.326 e. The number of primary amides is 1. The summed E-state index contributed by atoms with van der Waals surface area (Å²) in [7, 11) is 0. The number of likely N-dealkylation sites (tertiary alicyclic amines) is 1. The minimum absolute atomic E-state index is 0.0394. The van der Waals surface area contributed by atoms with Gasteiger partial charge in [0.2, 0.25) is 94.5 Å². The Kier molecular flexibility index (Phi) is 46.6. The van der Waals surface area contributed by atoms with Gasteiger partial charge < -0.3 is 138 Å². The zero-order valence-electron chi connectivity index (χ0n) is 70.5. The van der Waals surface area contributed by atoms with Gasteiger partial charge in [-0.25, -0.2) is 4.79 Å². The van der Waals surface area contributed by atoms with Gasteiger partial charge in [0.05, 0.1) is 32.3 Å². The van der Waals surface area contributed by atoms with Gasteiger partial charge in [0, 0.05) is 56.3 Å². The molecule has 1 saturated heterocycles. The molecule has 0 radical (unpaired) electrons. The summed E-state index contributed by atoms with van der Waals surface area (Å²) in [6, 6.07) is -7.96. The Morgan fingerprint density at radius 3 is 1.32 bits per heavy atom. The molecular weight excluding hydrogens is 1680 g/mol. The van der Waals surface area contributed by atoms with E-state index in [0.717, 1.165) is 0 Å². The largest absolute Gasteiger partial charge is 0.508 e. The van der Waals surface area contributed by atoms with Crippen LogP contribution in [-0.2, 0) is 99.1 Å². The van der Waals surface area contributed by atoms with Gasteiger partial charge in [-0.15, -0.1) is 0 Å². The highest BCUT2D eigenvalue weighted by atomic mass is 32.1. The number of carbonyl (C=O) groups excluding carboxylic acids is 16. The first-order valence-corrected chi connectivity index (χ1v) is 41.6. The van der Waals surface area contributed by atoms with E-state index in [4.69, 9.17) is 33.8 Å². The SMILES string of the molecule is CC[C@H](C)[C@H](NC(=O)[C@H](CCCNC(=N)N)N1C(=O)C(N)CC1C)C(=O)N[C@H](C(=O)NC(CCC(N)=O)C(=O)N[C@@H](CS)C(=O)NC(CCCNC(=N)N)C(=O)N[C@@H](CO)C(=O)N[C@H](C(=O)N[C@@H](CCC(=O)O)C(=O)NCC(=O)NC(CO)C(=O)N[C@@H](CS)C(=O)NCC(=O)NC(Cc1ccccc1)C(=O)N[C@@H](Cc1ccc(O)cc1)C(=O)O)C(C)C)C(C)C. The van der Waals surface area contributed by atoms with Gasteiger partial charge in [0.25, 0.3) is 0 Å². The Bertz CT molecular complexity index is 4080. The average Bonchev–Trinajstić information content (AvgIpc) is 1.66. The molecule has 16 amide bonds. The first kappa shape index (κ1) is 107. The Morgan fingerprint density at radius 1 is 0.464 bits per heavy atom. The number of nitrogens with one attached hydrogen (secondary N) is 18. The zero-order chi connectivity index (χ0) is 94.1. The molecule has 31 N–H and O–H groups in total. The van der Waals surface area contributed by atoms with Crippen molar-refractivity contribution in [1.82, 2.24) is 90.0 Å². The van der Waals surface area contributed by atoms with Gasteiger partial charge in [-0.3, -0.25) is 92.3 Å². The Morgan fingerprint density at radius 2 is 0.848 bits per heavy atom. The van der Waals surface area contributed by atoms with Crippen LogP contribution in [0.5, 0.6) is 5.75 Å². The number of aromatic hydroxyl groups is 1. The maximum atomic E-state index is 14.4. The van der Waals surface area contributed by atoms with Crippen molar-refractivity contribution in [3.63, 3.8) is 0 Å². The van der Waals surface area contributed by atoms with Gasteiger partial charge in [-0.1, -0.05) is 90.4 Å². The van der Waals surface area contributed by atoms with E-state index in [1.807, 2.05) is 0 Å².